The molecule has 9 nitrogen and oxygen atoms in total. The van der Waals surface area contributed by atoms with Gasteiger partial charge >= 0.3 is 0 Å². The third-order valence-electron chi connectivity index (χ3n) is 8.01. The van der Waals surface area contributed by atoms with Crippen LogP contribution < -0.4 is 9.47 Å². The molecule has 5 rings (SSSR count). The summed E-state index contributed by atoms with van der Waals surface area (Å²) >= 11 is 6.84. The number of carbonyl (C=O) groups is 2. The maximum Gasteiger partial charge on any atom is 0.269 e. The Kier molecular flexibility index (Phi) is 9.28. The van der Waals surface area contributed by atoms with Crippen molar-refractivity contribution in [3.63, 3.8) is 0 Å². The van der Waals surface area contributed by atoms with Crippen LogP contribution in [0.1, 0.15) is 68.9 Å². The molecule has 3 aliphatic rings. The Bertz CT molecular complexity index is 1400. The summed E-state index contributed by atoms with van der Waals surface area (Å²) in [5, 5.41) is 11.3. The number of hydrogen-bond donors (Lipinski definition) is 0. The summed E-state index contributed by atoms with van der Waals surface area (Å²) in [6, 6.07) is 9.73. The topological polar surface area (TPSA) is 108 Å². The predicted molar refractivity (Wildman–Crippen MR) is 158 cm³/mol. The third kappa shape index (κ3) is 5.94. The molecular formula is C32H35ClN2O7. The van der Waals surface area contributed by atoms with Gasteiger partial charge in [-0.3, -0.25) is 19.7 Å². The van der Waals surface area contributed by atoms with E-state index in [0.717, 1.165) is 54.6 Å². The molecule has 0 atom stereocenters. The zero-order valence-electron chi connectivity index (χ0n) is 23.9. The standard InChI is InChI=1S/C32H35ClN2O7/c1-3-41-28-18-21(17-23(33)32(28)42-19-20-11-13-22(14-12-20)35(38)39)29-30-24(7-4-9-26(30)36)34(15-6-16-40-2)25-8-5-10-27(37)31(25)29/h11-14,17-18,29H,3-10,15-16,19H2,1-2H3. The Morgan fingerprint density at radius 2 is 1.62 bits per heavy atom. The molecule has 222 valence electrons. The highest BCUT2D eigenvalue weighted by atomic mass is 35.5. The number of ether oxygens (including phenoxy) is 3. The fourth-order valence-electron chi connectivity index (χ4n) is 6.21. The molecule has 2 aromatic rings. The van der Waals surface area contributed by atoms with Crippen molar-refractivity contribution in [1.29, 1.82) is 0 Å². The average Bonchev–Trinajstić information content (AvgIpc) is 2.97. The minimum atomic E-state index is -0.519. The number of Topliss-reactive ketones (excluding diaryl/α,β-unsaturated/α-hetero) is 2. The van der Waals surface area contributed by atoms with Gasteiger partial charge in [-0.25, -0.2) is 0 Å². The van der Waals surface area contributed by atoms with Crippen molar-refractivity contribution in [2.45, 2.75) is 64.4 Å². The molecule has 2 aliphatic carbocycles. The molecule has 42 heavy (non-hydrogen) atoms. The van der Waals surface area contributed by atoms with Crippen LogP contribution in [0.2, 0.25) is 5.02 Å². The highest BCUT2D eigenvalue weighted by Crippen LogP contribution is 2.51. The molecular weight excluding hydrogens is 560 g/mol. The molecule has 0 amide bonds. The van der Waals surface area contributed by atoms with E-state index in [1.165, 1.54) is 12.1 Å². The third-order valence-corrected chi connectivity index (χ3v) is 8.29. The van der Waals surface area contributed by atoms with Gasteiger partial charge in [0.25, 0.3) is 5.69 Å². The fourth-order valence-corrected chi connectivity index (χ4v) is 6.49. The number of ketones is 2. The molecule has 10 heteroatoms. The Hall–Kier alpha value is -3.69. The summed E-state index contributed by atoms with van der Waals surface area (Å²) in [4.78, 5) is 39.9. The molecule has 0 N–H and O–H groups in total. The Balaban J connectivity index is 1.55. The normalized spacial score (nSPS) is 17.4. The van der Waals surface area contributed by atoms with Gasteiger partial charge in [-0.05, 0) is 74.4 Å². The minimum absolute atomic E-state index is 0.00208. The van der Waals surface area contributed by atoms with Gasteiger partial charge in [-0.15, -0.1) is 0 Å². The zero-order valence-corrected chi connectivity index (χ0v) is 24.7. The minimum Gasteiger partial charge on any atom is -0.490 e. The smallest absolute Gasteiger partial charge is 0.269 e. The van der Waals surface area contributed by atoms with Crippen molar-refractivity contribution in [3.8, 4) is 11.5 Å². The van der Waals surface area contributed by atoms with Crippen molar-refractivity contribution in [2.75, 3.05) is 26.9 Å². The highest BCUT2D eigenvalue weighted by Gasteiger charge is 2.43. The lowest BCUT2D eigenvalue weighted by atomic mass is 9.71. The van der Waals surface area contributed by atoms with Crippen molar-refractivity contribution >= 4 is 28.9 Å². The van der Waals surface area contributed by atoms with E-state index >= 15 is 0 Å². The molecule has 0 bridgehead atoms. The van der Waals surface area contributed by atoms with Crippen LogP contribution in [0.15, 0.2) is 58.9 Å². The van der Waals surface area contributed by atoms with E-state index in [-0.39, 0.29) is 23.9 Å². The maximum atomic E-state index is 13.6. The first-order valence-corrected chi connectivity index (χ1v) is 14.8. The summed E-state index contributed by atoms with van der Waals surface area (Å²) in [5.41, 5.74) is 4.85. The van der Waals surface area contributed by atoms with Crippen LogP contribution in [0.3, 0.4) is 0 Å². The fraction of sp³-hybridized carbons (Fsp3) is 0.438. The van der Waals surface area contributed by atoms with E-state index < -0.39 is 10.8 Å². The van der Waals surface area contributed by atoms with Gasteiger partial charge in [0.15, 0.2) is 23.1 Å². The van der Waals surface area contributed by atoms with Gasteiger partial charge in [0.1, 0.15) is 6.61 Å². The van der Waals surface area contributed by atoms with Crippen molar-refractivity contribution in [3.05, 3.63) is 85.2 Å². The van der Waals surface area contributed by atoms with Gasteiger partial charge in [0.2, 0.25) is 0 Å². The van der Waals surface area contributed by atoms with Crippen LogP contribution in [-0.4, -0.2) is 48.3 Å². The molecule has 0 radical (unpaired) electrons. The van der Waals surface area contributed by atoms with Crippen LogP contribution in [0.5, 0.6) is 11.5 Å². The number of nitrogens with zero attached hydrogens (tertiary/aromatic N) is 2. The zero-order chi connectivity index (χ0) is 29.8. The first kappa shape index (κ1) is 29.8. The van der Waals surface area contributed by atoms with Crippen molar-refractivity contribution in [1.82, 2.24) is 4.90 Å². The molecule has 0 spiro atoms. The van der Waals surface area contributed by atoms with E-state index in [4.69, 9.17) is 25.8 Å². The molecule has 0 saturated carbocycles. The van der Waals surface area contributed by atoms with E-state index in [1.54, 1.807) is 25.3 Å². The summed E-state index contributed by atoms with van der Waals surface area (Å²) in [6.07, 6.45) is 4.79. The number of nitro groups is 1. The van der Waals surface area contributed by atoms with Crippen LogP contribution in [-0.2, 0) is 20.9 Å². The Labute approximate surface area is 250 Å². The second kappa shape index (κ2) is 13.1. The average molecular weight is 595 g/mol. The van der Waals surface area contributed by atoms with Gasteiger partial charge in [-0.2, -0.15) is 0 Å². The second-order valence-electron chi connectivity index (χ2n) is 10.7. The Morgan fingerprint density at radius 3 is 2.19 bits per heavy atom. The van der Waals surface area contributed by atoms with Gasteiger partial charge in [0, 0.05) is 73.7 Å². The number of non-ortho nitro benzene ring substituents is 1. The number of carbonyl (C=O) groups excluding carboxylic acids is 2. The predicted octanol–water partition coefficient (Wildman–Crippen LogP) is 6.68. The monoisotopic (exact) mass is 594 g/mol. The number of halogens is 1. The lowest BCUT2D eigenvalue weighted by Crippen LogP contribution is -2.39. The number of methoxy groups -OCH3 is 1. The maximum absolute atomic E-state index is 13.6. The number of rotatable bonds is 11. The molecule has 2 aromatic carbocycles. The summed E-state index contributed by atoms with van der Waals surface area (Å²) in [7, 11) is 1.68. The quantitative estimate of drug-likeness (QED) is 0.161. The first-order valence-electron chi connectivity index (χ1n) is 14.4. The lowest BCUT2D eigenvalue weighted by molar-refractivity contribution is -0.384. The molecule has 0 unspecified atom stereocenters. The summed E-state index contributed by atoms with van der Waals surface area (Å²) < 4.78 is 17.3. The van der Waals surface area contributed by atoms with E-state index in [9.17, 15) is 19.7 Å². The Morgan fingerprint density at radius 1 is 0.976 bits per heavy atom. The van der Waals surface area contributed by atoms with Crippen LogP contribution in [0.25, 0.3) is 0 Å². The lowest BCUT2D eigenvalue weighted by Gasteiger charge is -2.44. The van der Waals surface area contributed by atoms with E-state index in [0.29, 0.717) is 60.3 Å². The van der Waals surface area contributed by atoms with E-state index in [2.05, 4.69) is 4.90 Å². The number of nitro benzene ring substituents is 1. The molecule has 1 aliphatic heterocycles. The number of benzene rings is 2. The number of allylic oxidation sites excluding steroid dienone is 4. The van der Waals surface area contributed by atoms with Crippen molar-refractivity contribution in [2.24, 2.45) is 0 Å². The SMILES string of the molecule is CCOc1cc(C2C3=C(CCCC3=O)N(CCCOC)C3=C2C(=O)CCC3)cc(Cl)c1OCc1ccc([N+](=O)[O-])cc1. The van der Waals surface area contributed by atoms with Gasteiger partial charge < -0.3 is 19.1 Å². The van der Waals surface area contributed by atoms with Crippen LogP contribution >= 0.6 is 11.6 Å². The summed E-state index contributed by atoms with van der Waals surface area (Å²) in [5.74, 6) is 0.368. The number of hydrogen-bond acceptors (Lipinski definition) is 8. The molecule has 0 saturated heterocycles. The van der Waals surface area contributed by atoms with E-state index in [1.807, 2.05) is 13.0 Å². The largest absolute Gasteiger partial charge is 0.490 e. The van der Waals surface area contributed by atoms with Crippen LogP contribution in [0, 0.1) is 10.1 Å². The first-order chi connectivity index (χ1) is 20.3. The second-order valence-corrected chi connectivity index (χ2v) is 11.1. The van der Waals surface area contributed by atoms with Gasteiger partial charge in [-0.1, -0.05) is 11.6 Å². The molecule has 1 heterocycles. The highest BCUT2D eigenvalue weighted by molar-refractivity contribution is 6.32. The van der Waals surface area contributed by atoms with Crippen molar-refractivity contribution < 1.29 is 28.7 Å². The van der Waals surface area contributed by atoms with Gasteiger partial charge in [0.05, 0.1) is 16.6 Å². The molecule has 0 fully saturated rings. The summed E-state index contributed by atoms with van der Waals surface area (Å²) in [6.45, 7) is 3.63. The molecule has 0 aromatic heterocycles. The van der Waals surface area contributed by atoms with Crippen LogP contribution in [0.4, 0.5) is 5.69 Å².